The predicted octanol–water partition coefficient (Wildman–Crippen LogP) is -0.344. The molecule has 0 spiro atoms. The quantitative estimate of drug-likeness (QED) is 0.699. The number of aromatic nitrogens is 2. The Bertz CT molecular complexity index is 606. The van der Waals surface area contributed by atoms with Gasteiger partial charge in [0, 0.05) is 31.0 Å². The first kappa shape index (κ1) is 12.8. The van der Waals surface area contributed by atoms with Gasteiger partial charge in [-0.15, -0.1) is 0 Å². The van der Waals surface area contributed by atoms with Crippen LogP contribution in [0.2, 0.25) is 0 Å². The molecule has 20 heavy (non-hydrogen) atoms. The van der Waals surface area contributed by atoms with Crippen molar-refractivity contribution < 1.29 is 9.59 Å². The van der Waals surface area contributed by atoms with E-state index < -0.39 is 0 Å². The molecule has 7 nitrogen and oxygen atoms in total. The molecule has 7 heteroatoms. The summed E-state index contributed by atoms with van der Waals surface area (Å²) in [4.78, 5) is 41.4. The minimum absolute atomic E-state index is 0.00884. The van der Waals surface area contributed by atoms with Crippen LogP contribution in [0.15, 0.2) is 10.9 Å². The fourth-order valence-corrected chi connectivity index (χ4v) is 2.28. The summed E-state index contributed by atoms with van der Waals surface area (Å²) in [5, 5.41) is 5.48. The van der Waals surface area contributed by atoms with E-state index in [0.29, 0.717) is 18.8 Å². The normalized spacial score (nSPS) is 21.6. The summed E-state index contributed by atoms with van der Waals surface area (Å²) in [6.07, 6.45) is 3.22. The summed E-state index contributed by atoms with van der Waals surface area (Å²) in [7, 11) is 0. The van der Waals surface area contributed by atoms with E-state index in [4.69, 9.17) is 0 Å². The van der Waals surface area contributed by atoms with Crippen LogP contribution in [0.3, 0.4) is 0 Å². The Morgan fingerprint density at radius 1 is 1.35 bits per heavy atom. The van der Waals surface area contributed by atoms with E-state index in [1.54, 1.807) is 0 Å². The number of rotatable bonds is 4. The van der Waals surface area contributed by atoms with E-state index in [2.05, 4.69) is 20.6 Å². The Labute approximate surface area is 115 Å². The van der Waals surface area contributed by atoms with E-state index in [-0.39, 0.29) is 35.0 Å². The molecule has 106 valence electrons. The highest BCUT2D eigenvalue weighted by Gasteiger charge is 2.27. The van der Waals surface area contributed by atoms with Crippen molar-refractivity contribution >= 4 is 11.8 Å². The second-order valence-electron chi connectivity index (χ2n) is 5.30. The zero-order chi connectivity index (χ0) is 14.1. The first-order valence-electron chi connectivity index (χ1n) is 6.80. The molecule has 2 heterocycles. The van der Waals surface area contributed by atoms with Gasteiger partial charge in [-0.1, -0.05) is 0 Å². The Morgan fingerprint density at radius 2 is 2.15 bits per heavy atom. The number of aromatic amines is 1. The molecule has 3 rings (SSSR count). The average Bonchev–Trinajstić information content (AvgIpc) is 3.19. The van der Waals surface area contributed by atoms with E-state index in [0.717, 1.165) is 19.3 Å². The standard InChI is InChI=1S/C13H16N4O3/c18-10-4-3-8(15-10)6-14-13(20)9-5-11(19)17-12(16-9)7-1-2-7/h5,7-8H,1-4,6H2,(H,14,20)(H,15,18)(H,16,17,19)/t8-/m1/s1. The molecule has 0 bridgehead atoms. The van der Waals surface area contributed by atoms with Crippen molar-refractivity contribution in [3.63, 3.8) is 0 Å². The van der Waals surface area contributed by atoms with Gasteiger partial charge in [0.15, 0.2) is 0 Å². The number of nitrogens with one attached hydrogen (secondary N) is 3. The van der Waals surface area contributed by atoms with Crippen molar-refractivity contribution in [2.45, 2.75) is 37.6 Å². The van der Waals surface area contributed by atoms with Crippen molar-refractivity contribution in [1.82, 2.24) is 20.6 Å². The van der Waals surface area contributed by atoms with Crippen LogP contribution in [-0.2, 0) is 4.79 Å². The molecular formula is C13H16N4O3. The smallest absolute Gasteiger partial charge is 0.270 e. The van der Waals surface area contributed by atoms with Crippen LogP contribution in [0, 0.1) is 0 Å². The Hall–Kier alpha value is -2.18. The zero-order valence-corrected chi connectivity index (χ0v) is 10.9. The lowest BCUT2D eigenvalue weighted by molar-refractivity contribution is -0.119. The van der Waals surface area contributed by atoms with E-state index >= 15 is 0 Å². The van der Waals surface area contributed by atoms with E-state index in [9.17, 15) is 14.4 Å². The molecule has 1 atom stereocenters. The van der Waals surface area contributed by atoms with Gasteiger partial charge >= 0.3 is 0 Å². The molecule has 2 amide bonds. The number of hydrogen-bond donors (Lipinski definition) is 3. The molecule has 3 N–H and O–H groups in total. The summed E-state index contributed by atoms with van der Waals surface area (Å²) < 4.78 is 0. The minimum atomic E-state index is -0.376. The summed E-state index contributed by atoms with van der Waals surface area (Å²) in [6, 6.07) is 1.17. The summed E-state index contributed by atoms with van der Waals surface area (Å²) in [5.74, 6) is 0.509. The van der Waals surface area contributed by atoms with Gasteiger partial charge in [0.05, 0.1) is 0 Å². The predicted molar refractivity (Wildman–Crippen MR) is 70.3 cm³/mol. The van der Waals surface area contributed by atoms with Crippen molar-refractivity contribution in [3.8, 4) is 0 Å². The van der Waals surface area contributed by atoms with Crippen LogP contribution in [0.25, 0.3) is 0 Å². The molecule has 1 aromatic heterocycles. The largest absolute Gasteiger partial charge is 0.352 e. The molecule has 1 aliphatic heterocycles. The van der Waals surface area contributed by atoms with Crippen molar-refractivity contribution in [2.24, 2.45) is 0 Å². The number of nitrogens with zero attached hydrogens (tertiary/aromatic N) is 1. The lowest BCUT2D eigenvalue weighted by atomic mass is 10.2. The highest BCUT2D eigenvalue weighted by Crippen LogP contribution is 2.37. The van der Waals surface area contributed by atoms with Crippen LogP contribution in [0.5, 0.6) is 0 Å². The Morgan fingerprint density at radius 3 is 2.80 bits per heavy atom. The van der Waals surface area contributed by atoms with Crippen LogP contribution < -0.4 is 16.2 Å². The molecule has 0 radical (unpaired) electrons. The summed E-state index contributed by atoms with van der Waals surface area (Å²) in [5.41, 5.74) is -0.166. The van der Waals surface area contributed by atoms with Gasteiger partial charge in [0.2, 0.25) is 5.91 Å². The Balaban J connectivity index is 1.64. The van der Waals surface area contributed by atoms with Gasteiger partial charge in [-0.25, -0.2) is 4.98 Å². The molecule has 1 saturated carbocycles. The molecule has 1 aromatic rings. The lowest BCUT2D eigenvalue weighted by Crippen LogP contribution is -2.39. The first-order chi connectivity index (χ1) is 9.61. The number of carbonyl (C=O) groups is 2. The molecular weight excluding hydrogens is 260 g/mol. The third-order valence-corrected chi connectivity index (χ3v) is 3.55. The average molecular weight is 276 g/mol. The molecule has 1 aliphatic carbocycles. The van der Waals surface area contributed by atoms with E-state index in [1.165, 1.54) is 6.07 Å². The highest BCUT2D eigenvalue weighted by molar-refractivity contribution is 5.92. The number of amides is 2. The molecule has 2 fully saturated rings. The lowest BCUT2D eigenvalue weighted by Gasteiger charge is -2.11. The third kappa shape index (κ3) is 2.87. The summed E-state index contributed by atoms with van der Waals surface area (Å²) >= 11 is 0. The maximum absolute atomic E-state index is 12.0. The fraction of sp³-hybridized carbons (Fsp3) is 0.538. The van der Waals surface area contributed by atoms with Crippen molar-refractivity contribution in [1.29, 1.82) is 0 Å². The third-order valence-electron chi connectivity index (χ3n) is 3.55. The summed E-state index contributed by atoms with van der Waals surface area (Å²) in [6.45, 7) is 0.359. The second-order valence-corrected chi connectivity index (χ2v) is 5.30. The number of carbonyl (C=O) groups excluding carboxylic acids is 2. The minimum Gasteiger partial charge on any atom is -0.352 e. The maximum atomic E-state index is 12.0. The van der Waals surface area contributed by atoms with Gasteiger partial charge in [-0.2, -0.15) is 0 Å². The van der Waals surface area contributed by atoms with Gasteiger partial charge in [-0.05, 0) is 19.3 Å². The fourth-order valence-electron chi connectivity index (χ4n) is 2.28. The monoisotopic (exact) mass is 276 g/mol. The van der Waals surface area contributed by atoms with Crippen LogP contribution >= 0.6 is 0 Å². The van der Waals surface area contributed by atoms with Crippen molar-refractivity contribution in [3.05, 3.63) is 27.9 Å². The number of hydrogen-bond acceptors (Lipinski definition) is 4. The zero-order valence-electron chi connectivity index (χ0n) is 10.9. The van der Waals surface area contributed by atoms with E-state index in [1.807, 2.05) is 0 Å². The van der Waals surface area contributed by atoms with Crippen LogP contribution in [-0.4, -0.2) is 34.4 Å². The van der Waals surface area contributed by atoms with Gasteiger partial charge in [0.25, 0.3) is 11.5 Å². The SMILES string of the molecule is O=C1CC[C@H](CNC(=O)c2cc(=O)[nH]c(C3CC3)n2)N1. The molecule has 0 unspecified atom stereocenters. The molecule has 0 aromatic carbocycles. The van der Waals surface area contributed by atoms with Gasteiger partial charge < -0.3 is 15.6 Å². The molecule has 1 saturated heterocycles. The first-order valence-corrected chi connectivity index (χ1v) is 6.80. The topological polar surface area (TPSA) is 104 Å². The second kappa shape index (κ2) is 5.07. The number of H-pyrrole nitrogens is 1. The van der Waals surface area contributed by atoms with Crippen LogP contribution in [0.4, 0.5) is 0 Å². The highest BCUT2D eigenvalue weighted by atomic mass is 16.2. The van der Waals surface area contributed by atoms with Crippen molar-refractivity contribution in [2.75, 3.05) is 6.54 Å². The van der Waals surface area contributed by atoms with Crippen LogP contribution in [0.1, 0.15) is 47.9 Å². The maximum Gasteiger partial charge on any atom is 0.270 e. The molecule has 2 aliphatic rings. The Kier molecular flexibility index (Phi) is 3.25. The van der Waals surface area contributed by atoms with Gasteiger partial charge in [-0.3, -0.25) is 14.4 Å². The van der Waals surface area contributed by atoms with Gasteiger partial charge in [0.1, 0.15) is 11.5 Å².